The molecule has 1 unspecified atom stereocenters. The minimum absolute atomic E-state index is 0.751. The van der Waals surface area contributed by atoms with Gasteiger partial charge in [-0.25, -0.2) is 0 Å². The molecule has 1 atom stereocenters. The van der Waals surface area contributed by atoms with E-state index in [0.717, 1.165) is 18.5 Å². The predicted octanol–water partition coefficient (Wildman–Crippen LogP) is 3.33. The number of nitrogens with zero attached hydrogens (tertiary/aromatic N) is 1. The van der Waals surface area contributed by atoms with Crippen molar-refractivity contribution in [2.75, 3.05) is 26.7 Å². The van der Waals surface area contributed by atoms with Gasteiger partial charge in [-0.2, -0.15) is 0 Å². The molecule has 1 heterocycles. The van der Waals surface area contributed by atoms with Crippen LogP contribution in [-0.4, -0.2) is 37.6 Å². The summed E-state index contributed by atoms with van der Waals surface area (Å²) in [7, 11) is 2.04. The summed E-state index contributed by atoms with van der Waals surface area (Å²) in [5.41, 5.74) is 1.51. The Morgan fingerprint density at radius 2 is 1.90 bits per heavy atom. The highest BCUT2D eigenvalue weighted by Gasteiger charge is 2.22. The van der Waals surface area contributed by atoms with Gasteiger partial charge in [0.2, 0.25) is 0 Å². The third kappa shape index (κ3) is 4.92. The van der Waals surface area contributed by atoms with Crippen molar-refractivity contribution in [3.63, 3.8) is 0 Å². The van der Waals surface area contributed by atoms with Crippen molar-refractivity contribution < 1.29 is 0 Å². The first kappa shape index (κ1) is 15.5. The van der Waals surface area contributed by atoms with Crippen molar-refractivity contribution in [2.45, 2.75) is 45.1 Å². The lowest BCUT2D eigenvalue weighted by atomic mass is 9.89. The van der Waals surface area contributed by atoms with Crippen LogP contribution in [0.1, 0.15) is 38.2 Å². The van der Waals surface area contributed by atoms with E-state index in [-0.39, 0.29) is 0 Å². The van der Waals surface area contributed by atoms with Crippen molar-refractivity contribution in [3.8, 4) is 0 Å². The van der Waals surface area contributed by atoms with Crippen molar-refractivity contribution in [3.05, 3.63) is 35.9 Å². The number of likely N-dealkylation sites (tertiary alicyclic amines) is 1. The first-order chi connectivity index (χ1) is 9.79. The molecule has 0 amide bonds. The summed E-state index contributed by atoms with van der Waals surface area (Å²) in [4.78, 5) is 2.69. The fourth-order valence-electron chi connectivity index (χ4n) is 3.30. The Morgan fingerprint density at radius 1 is 1.20 bits per heavy atom. The zero-order valence-electron chi connectivity index (χ0n) is 13.1. The maximum absolute atomic E-state index is 3.24. The van der Waals surface area contributed by atoms with Crippen molar-refractivity contribution in [1.82, 2.24) is 10.2 Å². The van der Waals surface area contributed by atoms with Gasteiger partial charge in [-0.15, -0.1) is 0 Å². The minimum atomic E-state index is 0.751. The van der Waals surface area contributed by atoms with E-state index < -0.39 is 0 Å². The van der Waals surface area contributed by atoms with Crippen molar-refractivity contribution >= 4 is 0 Å². The molecule has 0 saturated carbocycles. The highest BCUT2D eigenvalue weighted by Crippen LogP contribution is 2.23. The van der Waals surface area contributed by atoms with Crippen LogP contribution in [0.15, 0.2) is 30.3 Å². The highest BCUT2D eigenvalue weighted by molar-refractivity contribution is 5.15. The largest absolute Gasteiger partial charge is 0.320 e. The van der Waals surface area contributed by atoms with E-state index >= 15 is 0 Å². The first-order valence-corrected chi connectivity index (χ1v) is 8.22. The van der Waals surface area contributed by atoms with E-state index in [1.807, 2.05) is 7.05 Å². The molecule has 0 radical (unpaired) electrons. The van der Waals surface area contributed by atoms with Gasteiger partial charge in [0.05, 0.1) is 0 Å². The molecule has 0 spiro atoms. The molecule has 2 rings (SSSR count). The average Bonchev–Trinajstić information content (AvgIpc) is 2.49. The molecular formula is C18H30N2. The van der Waals surface area contributed by atoms with E-state index in [2.05, 4.69) is 47.5 Å². The Kier molecular flexibility index (Phi) is 6.55. The van der Waals surface area contributed by atoms with Crippen LogP contribution in [0.3, 0.4) is 0 Å². The Bertz CT molecular complexity index is 355. The van der Waals surface area contributed by atoms with Gasteiger partial charge in [0.25, 0.3) is 0 Å². The fourth-order valence-corrected chi connectivity index (χ4v) is 3.30. The lowest BCUT2D eigenvalue weighted by Crippen LogP contribution is -2.40. The summed E-state index contributed by atoms with van der Waals surface area (Å²) in [6.07, 6.45) is 6.62. The fraction of sp³-hybridized carbons (Fsp3) is 0.667. The van der Waals surface area contributed by atoms with Gasteiger partial charge in [0.1, 0.15) is 0 Å². The lowest BCUT2D eigenvalue weighted by Gasteiger charge is -2.36. The van der Waals surface area contributed by atoms with Crippen LogP contribution in [0.25, 0.3) is 0 Å². The third-order valence-electron chi connectivity index (χ3n) is 4.69. The molecule has 0 aromatic heterocycles. The number of nitrogens with one attached hydrogen (secondary N) is 1. The van der Waals surface area contributed by atoms with Gasteiger partial charge in [-0.05, 0) is 77.2 Å². The number of piperidine rings is 1. The monoisotopic (exact) mass is 274 g/mol. The smallest absolute Gasteiger partial charge is 0.00674 e. The molecular weight excluding hydrogens is 244 g/mol. The normalized spacial score (nSPS) is 19.1. The van der Waals surface area contributed by atoms with Crippen LogP contribution in [0.4, 0.5) is 0 Å². The van der Waals surface area contributed by atoms with Crippen molar-refractivity contribution in [1.29, 1.82) is 0 Å². The zero-order chi connectivity index (χ0) is 14.2. The summed E-state index contributed by atoms with van der Waals surface area (Å²) >= 11 is 0. The Balaban J connectivity index is 1.69. The molecule has 2 heteroatoms. The molecule has 0 bridgehead atoms. The van der Waals surface area contributed by atoms with E-state index in [9.17, 15) is 0 Å². The van der Waals surface area contributed by atoms with Crippen LogP contribution >= 0.6 is 0 Å². The van der Waals surface area contributed by atoms with Crippen LogP contribution in [0.5, 0.6) is 0 Å². The van der Waals surface area contributed by atoms with E-state index in [0.29, 0.717) is 0 Å². The second kappa shape index (κ2) is 8.43. The van der Waals surface area contributed by atoms with Gasteiger partial charge in [-0.1, -0.05) is 30.3 Å². The molecule has 112 valence electrons. The SMILES string of the molecule is CNCCCC(C)N1CCC(Cc2ccccc2)CC1. The van der Waals surface area contributed by atoms with Crippen molar-refractivity contribution in [2.24, 2.45) is 5.92 Å². The van der Waals surface area contributed by atoms with Gasteiger partial charge in [0.15, 0.2) is 0 Å². The molecule has 1 aromatic carbocycles. The first-order valence-electron chi connectivity index (χ1n) is 8.22. The van der Waals surface area contributed by atoms with Gasteiger partial charge in [-0.3, -0.25) is 0 Å². The molecule has 1 aromatic rings. The maximum Gasteiger partial charge on any atom is 0.00674 e. The Morgan fingerprint density at radius 3 is 2.55 bits per heavy atom. The van der Waals surface area contributed by atoms with Gasteiger partial charge >= 0.3 is 0 Å². The molecule has 1 aliphatic heterocycles. The second-order valence-electron chi connectivity index (χ2n) is 6.26. The maximum atomic E-state index is 3.24. The number of hydrogen-bond donors (Lipinski definition) is 1. The highest BCUT2D eigenvalue weighted by atomic mass is 15.2. The molecule has 0 aliphatic carbocycles. The van der Waals surface area contributed by atoms with E-state index in [4.69, 9.17) is 0 Å². The Hall–Kier alpha value is -0.860. The summed E-state index contributed by atoms with van der Waals surface area (Å²) in [6.45, 7) is 6.12. The molecule has 1 fully saturated rings. The summed E-state index contributed by atoms with van der Waals surface area (Å²) < 4.78 is 0. The lowest BCUT2D eigenvalue weighted by molar-refractivity contribution is 0.134. The van der Waals surface area contributed by atoms with Crippen LogP contribution in [0, 0.1) is 5.92 Å². The number of hydrogen-bond acceptors (Lipinski definition) is 2. The molecule has 20 heavy (non-hydrogen) atoms. The zero-order valence-corrected chi connectivity index (χ0v) is 13.1. The van der Waals surface area contributed by atoms with Gasteiger partial charge in [0, 0.05) is 6.04 Å². The molecule has 1 saturated heterocycles. The minimum Gasteiger partial charge on any atom is -0.320 e. The van der Waals surface area contributed by atoms with E-state index in [1.54, 1.807) is 0 Å². The quantitative estimate of drug-likeness (QED) is 0.767. The van der Waals surface area contributed by atoms with Gasteiger partial charge < -0.3 is 10.2 Å². The topological polar surface area (TPSA) is 15.3 Å². The standard InChI is InChI=1S/C18H30N2/c1-16(7-6-12-19-2)20-13-10-18(11-14-20)15-17-8-4-3-5-9-17/h3-5,8-9,16,18-19H,6-7,10-15H2,1-2H3. The number of rotatable bonds is 7. The van der Waals surface area contributed by atoms with E-state index in [1.165, 1.54) is 50.8 Å². The molecule has 1 aliphatic rings. The summed E-state index contributed by atoms with van der Waals surface area (Å²) in [5, 5.41) is 3.24. The van der Waals surface area contributed by atoms with Crippen LogP contribution in [0.2, 0.25) is 0 Å². The number of benzene rings is 1. The third-order valence-corrected chi connectivity index (χ3v) is 4.69. The Labute approximate surface area is 124 Å². The van der Waals surface area contributed by atoms with Crippen LogP contribution < -0.4 is 5.32 Å². The summed E-state index contributed by atoms with van der Waals surface area (Å²) in [6, 6.07) is 11.7. The molecule has 2 nitrogen and oxygen atoms in total. The molecule has 1 N–H and O–H groups in total. The second-order valence-corrected chi connectivity index (χ2v) is 6.26. The predicted molar refractivity (Wildman–Crippen MR) is 87.1 cm³/mol. The van der Waals surface area contributed by atoms with Crippen LogP contribution in [-0.2, 0) is 6.42 Å². The summed E-state index contributed by atoms with van der Waals surface area (Å²) in [5.74, 6) is 0.887. The average molecular weight is 274 g/mol.